The van der Waals surface area contributed by atoms with Gasteiger partial charge < -0.3 is 15.0 Å². The highest BCUT2D eigenvalue weighted by molar-refractivity contribution is 14.1. The second kappa shape index (κ2) is 7.20. The predicted octanol–water partition coefficient (Wildman–Crippen LogP) is 1.29. The SMILES string of the molecule is COCCN(CC1CCCN1)c1ncncc1I. The summed E-state index contributed by atoms with van der Waals surface area (Å²) in [6.45, 7) is 3.69. The van der Waals surface area contributed by atoms with Gasteiger partial charge >= 0.3 is 0 Å². The van der Waals surface area contributed by atoms with Crippen LogP contribution in [0.15, 0.2) is 12.5 Å². The standard InChI is InChI=1S/C12H19IN4O/c1-18-6-5-17(8-10-3-2-4-15-10)12-11(13)7-14-9-16-12/h7,9-10,15H,2-6,8H2,1H3. The van der Waals surface area contributed by atoms with Crippen LogP contribution in [0, 0.1) is 3.57 Å². The van der Waals surface area contributed by atoms with Crippen LogP contribution in [-0.4, -0.2) is 49.4 Å². The van der Waals surface area contributed by atoms with Crippen LogP contribution in [0.5, 0.6) is 0 Å². The van der Waals surface area contributed by atoms with Crippen molar-refractivity contribution in [1.82, 2.24) is 15.3 Å². The van der Waals surface area contributed by atoms with Crippen molar-refractivity contribution in [3.05, 3.63) is 16.1 Å². The molecule has 0 radical (unpaired) electrons. The normalized spacial score (nSPS) is 19.1. The lowest BCUT2D eigenvalue weighted by atomic mass is 10.2. The average Bonchev–Trinajstić information content (AvgIpc) is 2.88. The second-order valence-corrected chi connectivity index (χ2v) is 5.59. The number of nitrogens with zero attached hydrogens (tertiary/aromatic N) is 3. The molecule has 1 N–H and O–H groups in total. The molecule has 0 amide bonds. The van der Waals surface area contributed by atoms with Gasteiger partial charge in [0.25, 0.3) is 0 Å². The van der Waals surface area contributed by atoms with Gasteiger partial charge in [-0.05, 0) is 42.0 Å². The smallest absolute Gasteiger partial charge is 0.145 e. The van der Waals surface area contributed by atoms with Crippen molar-refractivity contribution in [2.75, 3.05) is 38.3 Å². The molecule has 1 aliphatic heterocycles. The summed E-state index contributed by atoms with van der Waals surface area (Å²) in [6.07, 6.45) is 5.97. The van der Waals surface area contributed by atoms with E-state index >= 15 is 0 Å². The Hall–Kier alpha value is -0.470. The van der Waals surface area contributed by atoms with Gasteiger partial charge in [0.05, 0.1) is 10.2 Å². The van der Waals surface area contributed by atoms with Crippen LogP contribution >= 0.6 is 22.6 Å². The maximum absolute atomic E-state index is 5.19. The van der Waals surface area contributed by atoms with E-state index in [9.17, 15) is 0 Å². The molecule has 1 atom stereocenters. The summed E-state index contributed by atoms with van der Waals surface area (Å²) < 4.78 is 6.28. The highest BCUT2D eigenvalue weighted by Gasteiger charge is 2.20. The van der Waals surface area contributed by atoms with Crippen LogP contribution < -0.4 is 10.2 Å². The van der Waals surface area contributed by atoms with Crippen molar-refractivity contribution in [3.8, 4) is 0 Å². The zero-order valence-electron chi connectivity index (χ0n) is 10.6. The third-order valence-electron chi connectivity index (χ3n) is 3.12. The fourth-order valence-corrected chi connectivity index (χ4v) is 2.84. The molecule has 0 bridgehead atoms. The highest BCUT2D eigenvalue weighted by Crippen LogP contribution is 2.19. The molecule has 18 heavy (non-hydrogen) atoms. The van der Waals surface area contributed by atoms with E-state index in [1.807, 2.05) is 6.20 Å². The van der Waals surface area contributed by atoms with Gasteiger partial charge in [0.1, 0.15) is 12.1 Å². The minimum Gasteiger partial charge on any atom is -0.383 e. The molecule has 6 heteroatoms. The Labute approximate surface area is 121 Å². The van der Waals surface area contributed by atoms with Crippen LogP contribution in [-0.2, 0) is 4.74 Å². The Balaban J connectivity index is 2.06. The molecule has 100 valence electrons. The Bertz CT molecular complexity index is 371. The first-order valence-corrected chi connectivity index (χ1v) is 7.32. The van der Waals surface area contributed by atoms with Crippen molar-refractivity contribution in [2.24, 2.45) is 0 Å². The average molecular weight is 362 g/mol. The van der Waals surface area contributed by atoms with Gasteiger partial charge in [-0.2, -0.15) is 0 Å². The van der Waals surface area contributed by atoms with Gasteiger partial charge in [0.15, 0.2) is 0 Å². The van der Waals surface area contributed by atoms with Crippen molar-refractivity contribution in [2.45, 2.75) is 18.9 Å². The molecule has 1 aromatic rings. The van der Waals surface area contributed by atoms with Crippen molar-refractivity contribution < 1.29 is 4.74 Å². The minimum absolute atomic E-state index is 0.563. The zero-order valence-corrected chi connectivity index (χ0v) is 12.8. The second-order valence-electron chi connectivity index (χ2n) is 4.43. The van der Waals surface area contributed by atoms with E-state index in [0.717, 1.165) is 29.0 Å². The number of methoxy groups -OCH3 is 1. The highest BCUT2D eigenvalue weighted by atomic mass is 127. The van der Waals surface area contributed by atoms with E-state index in [2.05, 4.69) is 42.8 Å². The first-order valence-electron chi connectivity index (χ1n) is 6.24. The van der Waals surface area contributed by atoms with Crippen LogP contribution in [0.25, 0.3) is 0 Å². The lowest BCUT2D eigenvalue weighted by molar-refractivity contribution is 0.204. The number of aromatic nitrogens is 2. The molecule has 0 aromatic carbocycles. The van der Waals surface area contributed by atoms with Gasteiger partial charge in [0.2, 0.25) is 0 Å². The third-order valence-corrected chi connectivity index (χ3v) is 3.88. The van der Waals surface area contributed by atoms with E-state index in [1.54, 1.807) is 13.4 Å². The number of rotatable bonds is 6. The van der Waals surface area contributed by atoms with Crippen LogP contribution in [0.4, 0.5) is 5.82 Å². The zero-order chi connectivity index (χ0) is 12.8. The van der Waals surface area contributed by atoms with E-state index in [1.165, 1.54) is 12.8 Å². The molecule has 1 saturated heterocycles. The van der Waals surface area contributed by atoms with E-state index in [4.69, 9.17) is 4.74 Å². The van der Waals surface area contributed by atoms with Crippen LogP contribution in [0.2, 0.25) is 0 Å². The molecule has 1 aromatic heterocycles. The predicted molar refractivity (Wildman–Crippen MR) is 79.9 cm³/mol. The summed E-state index contributed by atoms with van der Waals surface area (Å²) >= 11 is 2.29. The Morgan fingerprint density at radius 2 is 2.50 bits per heavy atom. The fourth-order valence-electron chi connectivity index (χ4n) is 2.20. The molecule has 0 spiro atoms. The lowest BCUT2D eigenvalue weighted by Gasteiger charge is -2.27. The maximum atomic E-state index is 5.19. The maximum Gasteiger partial charge on any atom is 0.145 e. The van der Waals surface area contributed by atoms with Crippen molar-refractivity contribution in [3.63, 3.8) is 0 Å². The summed E-state index contributed by atoms with van der Waals surface area (Å²) in [7, 11) is 1.73. The quantitative estimate of drug-likeness (QED) is 0.773. The topological polar surface area (TPSA) is 50.3 Å². The molecule has 5 nitrogen and oxygen atoms in total. The molecule has 0 saturated carbocycles. The molecular weight excluding hydrogens is 343 g/mol. The van der Waals surface area contributed by atoms with Crippen molar-refractivity contribution >= 4 is 28.4 Å². The number of hydrogen-bond donors (Lipinski definition) is 1. The fraction of sp³-hybridized carbons (Fsp3) is 0.667. The lowest BCUT2D eigenvalue weighted by Crippen LogP contribution is -2.40. The molecule has 1 aliphatic rings. The van der Waals surface area contributed by atoms with Gasteiger partial charge in [-0.25, -0.2) is 9.97 Å². The molecular formula is C12H19IN4O. The molecule has 1 unspecified atom stereocenters. The largest absolute Gasteiger partial charge is 0.383 e. The van der Waals surface area contributed by atoms with E-state index in [0.29, 0.717) is 12.6 Å². The number of anilines is 1. The minimum atomic E-state index is 0.563. The van der Waals surface area contributed by atoms with Crippen molar-refractivity contribution in [1.29, 1.82) is 0 Å². The first kappa shape index (κ1) is 14.0. The van der Waals surface area contributed by atoms with Gasteiger partial charge in [-0.1, -0.05) is 0 Å². The van der Waals surface area contributed by atoms with Gasteiger partial charge in [-0.15, -0.1) is 0 Å². The number of halogens is 1. The summed E-state index contributed by atoms with van der Waals surface area (Å²) in [4.78, 5) is 10.7. The summed E-state index contributed by atoms with van der Waals surface area (Å²) in [6, 6.07) is 0.563. The van der Waals surface area contributed by atoms with Crippen LogP contribution in [0.3, 0.4) is 0 Å². The number of nitrogens with one attached hydrogen (secondary N) is 1. The van der Waals surface area contributed by atoms with Gasteiger partial charge in [0, 0.05) is 32.4 Å². The molecule has 0 aliphatic carbocycles. The number of hydrogen-bond acceptors (Lipinski definition) is 5. The molecule has 1 fully saturated rings. The monoisotopic (exact) mass is 362 g/mol. The first-order chi connectivity index (χ1) is 8.81. The van der Waals surface area contributed by atoms with Crippen LogP contribution in [0.1, 0.15) is 12.8 Å². The van der Waals surface area contributed by atoms with E-state index in [-0.39, 0.29) is 0 Å². The van der Waals surface area contributed by atoms with Gasteiger partial charge in [-0.3, -0.25) is 0 Å². The Morgan fingerprint density at radius 3 is 3.17 bits per heavy atom. The summed E-state index contributed by atoms with van der Waals surface area (Å²) in [5.41, 5.74) is 0. The Morgan fingerprint density at radius 1 is 1.61 bits per heavy atom. The summed E-state index contributed by atoms with van der Waals surface area (Å²) in [5, 5.41) is 3.52. The Kier molecular flexibility index (Phi) is 5.58. The van der Waals surface area contributed by atoms with E-state index < -0.39 is 0 Å². The molecule has 2 heterocycles. The number of ether oxygens (including phenoxy) is 1. The third kappa shape index (κ3) is 3.76. The molecule has 2 rings (SSSR count). The summed E-state index contributed by atoms with van der Waals surface area (Å²) in [5.74, 6) is 1.01.